The van der Waals surface area contributed by atoms with E-state index in [0.29, 0.717) is 37.5 Å². The Labute approximate surface area is 175 Å². The number of carbonyl (C=O) groups is 1. The minimum atomic E-state index is -1.23. The molecule has 5 heteroatoms. The molecule has 2 N–H and O–H groups in total. The van der Waals surface area contributed by atoms with Crippen molar-refractivity contribution in [1.82, 2.24) is 0 Å². The van der Waals surface area contributed by atoms with Crippen LogP contribution in [0.5, 0.6) is 0 Å². The highest BCUT2D eigenvalue weighted by atomic mass is 16.6. The summed E-state index contributed by atoms with van der Waals surface area (Å²) >= 11 is 0. The average Bonchev–Trinajstić information content (AvgIpc) is 3.00. The first-order valence-corrected chi connectivity index (χ1v) is 11.4. The lowest BCUT2D eigenvalue weighted by Crippen LogP contribution is -2.51. The largest absolute Gasteiger partial charge is 0.457 e. The third-order valence-corrected chi connectivity index (χ3v) is 7.72. The number of hydrogen-bond donors (Lipinski definition) is 2. The molecule has 2 heterocycles. The Morgan fingerprint density at radius 2 is 2.07 bits per heavy atom. The van der Waals surface area contributed by atoms with Gasteiger partial charge in [0.05, 0.1) is 17.8 Å². The van der Waals surface area contributed by atoms with E-state index < -0.39 is 17.3 Å². The summed E-state index contributed by atoms with van der Waals surface area (Å²) in [6.07, 6.45) is 4.42. The van der Waals surface area contributed by atoms with Gasteiger partial charge in [0.25, 0.3) is 0 Å². The van der Waals surface area contributed by atoms with Gasteiger partial charge in [-0.25, -0.2) is 0 Å². The van der Waals surface area contributed by atoms with Gasteiger partial charge in [-0.2, -0.15) is 0 Å². The van der Waals surface area contributed by atoms with E-state index in [1.54, 1.807) is 6.92 Å². The maximum atomic E-state index is 12.5. The van der Waals surface area contributed by atoms with E-state index in [1.807, 2.05) is 13.8 Å². The van der Waals surface area contributed by atoms with Crippen molar-refractivity contribution in [1.29, 1.82) is 0 Å². The molecule has 2 bridgehead atoms. The Morgan fingerprint density at radius 1 is 1.38 bits per heavy atom. The van der Waals surface area contributed by atoms with E-state index in [4.69, 9.17) is 9.47 Å². The van der Waals surface area contributed by atoms with Crippen LogP contribution in [0.2, 0.25) is 0 Å². The molecule has 0 amide bonds. The standard InChI is InChI=1S/C24H40O5/c1-7-8-19(26)29-24(6)12-11-18(25)23(5,27)13-17-20-15(4)9-10-16(14(2)3)21(20)22(24)28-17/h9,14,16-18,20-22,25,27H,7-8,10-13H2,1-6H3/t16-,17-,18+,20-,21-,22-,23+,24-/m1/s1. The molecule has 2 aliphatic heterocycles. The van der Waals surface area contributed by atoms with Crippen molar-refractivity contribution in [2.45, 2.75) is 110 Å². The summed E-state index contributed by atoms with van der Waals surface area (Å²) in [6, 6.07) is 0. The molecule has 8 atom stereocenters. The summed E-state index contributed by atoms with van der Waals surface area (Å²) in [6.45, 7) is 12.3. The van der Waals surface area contributed by atoms with Crippen molar-refractivity contribution < 1.29 is 24.5 Å². The Hall–Kier alpha value is -0.910. The van der Waals surface area contributed by atoms with Crippen LogP contribution in [0.4, 0.5) is 0 Å². The number of esters is 1. The van der Waals surface area contributed by atoms with Gasteiger partial charge in [0.15, 0.2) is 0 Å². The van der Waals surface area contributed by atoms with Gasteiger partial charge < -0.3 is 19.7 Å². The second kappa shape index (κ2) is 8.32. The molecular formula is C24H40O5. The van der Waals surface area contributed by atoms with E-state index in [0.717, 1.165) is 12.8 Å². The zero-order valence-electron chi connectivity index (χ0n) is 19.0. The molecule has 0 spiro atoms. The van der Waals surface area contributed by atoms with Crippen LogP contribution < -0.4 is 0 Å². The molecule has 3 aliphatic rings. The highest BCUT2D eigenvalue weighted by molar-refractivity contribution is 5.69. The molecule has 5 nitrogen and oxygen atoms in total. The van der Waals surface area contributed by atoms with Crippen LogP contribution in [0.15, 0.2) is 11.6 Å². The number of hydrogen-bond acceptors (Lipinski definition) is 5. The third kappa shape index (κ3) is 4.28. The first kappa shape index (κ1) is 22.8. The lowest BCUT2D eigenvalue weighted by molar-refractivity contribution is -0.181. The second-order valence-corrected chi connectivity index (χ2v) is 10.4. The van der Waals surface area contributed by atoms with Gasteiger partial charge in [-0.1, -0.05) is 32.4 Å². The number of rotatable bonds is 4. The molecule has 0 aromatic heterocycles. The topological polar surface area (TPSA) is 76.0 Å². The molecule has 29 heavy (non-hydrogen) atoms. The second-order valence-electron chi connectivity index (χ2n) is 10.4. The zero-order chi connectivity index (χ0) is 21.6. The summed E-state index contributed by atoms with van der Waals surface area (Å²) < 4.78 is 12.8. The Balaban J connectivity index is 2.05. The number of ether oxygens (including phenoxy) is 2. The summed E-state index contributed by atoms with van der Waals surface area (Å²) in [5, 5.41) is 21.7. The fraction of sp³-hybridized carbons (Fsp3) is 0.875. The fourth-order valence-corrected chi connectivity index (χ4v) is 5.99. The number of fused-ring (bicyclic) bond motifs is 5. The molecule has 0 aromatic carbocycles. The molecule has 1 aliphatic carbocycles. The monoisotopic (exact) mass is 408 g/mol. The van der Waals surface area contributed by atoms with Gasteiger partial charge in [-0.15, -0.1) is 0 Å². The van der Waals surface area contributed by atoms with Crippen molar-refractivity contribution in [2.75, 3.05) is 0 Å². The highest BCUT2D eigenvalue weighted by Crippen LogP contribution is 2.54. The number of aliphatic hydroxyl groups excluding tert-OH is 1. The maximum absolute atomic E-state index is 12.5. The molecule has 0 aromatic rings. The van der Waals surface area contributed by atoms with Gasteiger partial charge in [0, 0.05) is 24.7 Å². The van der Waals surface area contributed by atoms with Crippen molar-refractivity contribution >= 4 is 5.97 Å². The Morgan fingerprint density at radius 3 is 2.69 bits per heavy atom. The maximum Gasteiger partial charge on any atom is 0.306 e. The summed E-state index contributed by atoms with van der Waals surface area (Å²) in [4.78, 5) is 12.5. The molecule has 2 saturated heterocycles. The highest BCUT2D eigenvalue weighted by Gasteiger charge is 2.59. The van der Waals surface area contributed by atoms with Gasteiger partial charge >= 0.3 is 5.97 Å². The van der Waals surface area contributed by atoms with Crippen molar-refractivity contribution in [3.05, 3.63) is 11.6 Å². The quantitative estimate of drug-likeness (QED) is 0.543. The number of aliphatic hydroxyl groups is 2. The minimum absolute atomic E-state index is 0.183. The normalized spacial score (nSPS) is 45.1. The third-order valence-electron chi connectivity index (χ3n) is 7.72. The van der Waals surface area contributed by atoms with Gasteiger partial charge in [-0.05, 0) is 58.3 Å². The van der Waals surface area contributed by atoms with Crippen LogP contribution in [0.25, 0.3) is 0 Å². The Kier molecular flexibility index (Phi) is 6.53. The van der Waals surface area contributed by atoms with E-state index in [9.17, 15) is 15.0 Å². The van der Waals surface area contributed by atoms with Crippen LogP contribution in [0, 0.1) is 23.7 Å². The number of allylic oxidation sites excluding steroid dienone is 1. The summed E-state index contributed by atoms with van der Waals surface area (Å²) in [7, 11) is 0. The lowest BCUT2D eigenvalue weighted by atomic mass is 9.62. The van der Waals surface area contributed by atoms with Crippen LogP contribution in [-0.2, 0) is 14.3 Å². The van der Waals surface area contributed by atoms with Crippen LogP contribution in [0.1, 0.15) is 80.1 Å². The fourth-order valence-electron chi connectivity index (χ4n) is 5.99. The smallest absolute Gasteiger partial charge is 0.306 e. The number of carbonyl (C=O) groups excluding carboxylic acids is 1. The molecule has 166 valence electrons. The van der Waals surface area contributed by atoms with Crippen LogP contribution >= 0.6 is 0 Å². The van der Waals surface area contributed by atoms with E-state index in [1.165, 1.54) is 5.57 Å². The van der Waals surface area contributed by atoms with Crippen molar-refractivity contribution in [3.8, 4) is 0 Å². The summed E-state index contributed by atoms with van der Waals surface area (Å²) in [5.41, 5.74) is -0.739. The Bertz CT molecular complexity index is 639. The van der Waals surface area contributed by atoms with E-state index in [2.05, 4.69) is 26.8 Å². The molecular weight excluding hydrogens is 368 g/mol. The first-order chi connectivity index (χ1) is 13.5. The lowest BCUT2D eigenvalue weighted by Gasteiger charge is -2.45. The predicted octanol–water partition coefficient (Wildman–Crippen LogP) is 4.01. The van der Waals surface area contributed by atoms with Gasteiger partial charge in [-0.3, -0.25) is 4.79 Å². The average molecular weight is 409 g/mol. The molecule has 3 rings (SSSR count). The SMILES string of the molecule is CCCC(=O)O[C@]1(C)CC[C@H](O)[C@@](C)(O)C[C@H]2O[C@@H]1[C@H]1[C@@H]2C(C)=CC[C@@H]1C(C)C. The van der Waals surface area contributed by atoms with Crippen LogP contribution in [0.3, 0.4) is 0 Å². The summed E-state index contributed by atoms with van der Waals surface area (Å²) in [5.74, 6) is 1.15. The van der Waals surface area contributed by atoms with Gasteiger partial charge in [0.2, 0.25) is 0 Å². The predicted molar refractivity (Wildman–Crippen MR) is 112 cm³/mol. The zero-order valence-corrected chi connectivity index (χ0v) is 19.0. The minimum Gasteiger partial charge on any atom is -0.457 e. The van der Waals surface area contributed by atoms with Crippen molar-refractivity contribution in [3.63, 3.8) is 0 Å². The molecule has 0 radical (unpaired) electrons. The molecule has 0 saturated carbocycles. The molecule has 2 fully saturated rings. The van der Waals surface area contributed by atoms with Crippen molar-refractivity contribution in [2.24, 2.45) is 23.7 Å². The van der Waals surface area contributed by atoms with Gasteiger partial charge in [0.1, 0.15) is 11.7 Å². The van der Waals surface area contributed by atoms with E-state index >= 15 is 0 Å². The van der Waals surface area contributed by atoms with E-state index in [-0.39, 0.29) is 30.0 Å². The first-order valence-electron chi connectivity index (χ1n) is 11.4. The van der Waals surface area contributed by atoms with Crippen LogP contribution in [-0.4, -0.2) is 45.7 Å². The molecule has 0 unspecified atom stereocenters.